The van der Waals surface area contributed by atoms with Crippen molar-refractivity contribution in [3.63, 3.8) is 0 Å². The van der Waals surface area contributed by atoms with Gasteiger partial charge >= 0.3 is 25.0 Å². The molecule has 4 aromatic rings. The van der Waals surface area contributed by atoms with E-state index in [2.05, 4.69) is 53.9 Å². The summed E-state index contributed by atoms with van der Waals surface area (Å²) in [6.07, 6.45) is 5.45. The maximum atomic E-state index is 12.4. The Morgan fingerprint density at radius 1 is 0.547 bits per heavy atom. The fourth-order valence-corrected chi connectivity index (χ4v) is 8.78. The van der Waals surface area contributed by atoms with Crippen molar-refractivity contribution in [1.29, 1.82) is 0 Å². The van der Waals surface area contributed by atoms with E-state index < -0.39 is 35.1 Å². The van der Waals surface area contributed by atoms with Crippen LogP contribution < -0.4 is 24.4 Å². The summed E-state index contributed by atoms with van der Waals surface area (Å²) >= 11 is 10.1. The van der Waals surface area contributed by atoms with E-state index in [-0.39, 0.29) is 41.6 Å². The van der Waals surface area contributed by atoms with E-state index in [0.717, 1.165) is 66.2 Å². The molecule has 3 aliphatic rings. The van der Waals surface area contributed by atoms with Crippen LogP contribution in [0.3, 0.4) is 0 Å². The Morgan fingerprint density at radius 2 is 0.920 bits per heavy atom. The van der Waals surface area contributed by atoms with Gasteiger partial charge in [0.2, 0.25) is 0 Å². The van der Waals surface area contributed by atoms with E-state index in [1.807, 2.05) is 145 Å². The number of methoxy groups -OCH3 is 4. The number of hydrogen-bond donors (Lipinski definition) is 0. The zero-order chi connectivity index (χ0) is 56.4. The summed E-state index contributed by atoms with van der Waals surface area (Å²) < 4.78 is 52.3. The first-order valence-corrected chi connectivity index (χ1v) is 27.0. The molecule has 75 heavy (non-hydrogen) atoms. The van der Waals surface area contributed by atoms with Gasteiger partial charge < -0.3 is 42.5 Å². The molecule has 0 bridgehead atoms. The van der Waals surface area contributed by atoms with Crippen molar-refractivity contribution in [2.45, 2.75) is 143 Å². The quantitative estimate of drug-likeness (QED) is 0.0435. The lowest BCUT2D eigenvalue weighted by atomic mass is 9.78. The highest BCUT2D eigenvalue weighted by molar-refractivity contribution is 9.11. The molecule has 408 valence electrons. The summed E-state index contributed by atoms with van der Waals surface area (Å²) in [4.78, 5) is 46.4. The minimum Gasteiger partial charge on any atom is -0.496 e. The second kappa shape index (κ2) is 26.1. The number of hydrogen-bond acceptors (Lipinski definition) is 13. The minimum atomic E-state index is -0.483. The lowest BCUT2D eigenvalue weighted by Crippen LogP contribution is -2.41. The monoisotopic (exact) mass is 1230 g/mol. The zero-order valence-corrected chi connectivity index (χ0v) is 51.2. The van der Waals surface area contributed by atoms with E-state index in [0.29, 0.717) is 17.1 Å². The van der Waals surface area contributed by atoms with Gasteiger partial charge in [-0.3, -0.25) is 14.4 Å². The molecule has 1 heterocycles. The van der Waals surface area contributed by atoms with Gasteiger partial charge in [-0.2, -0.15) is 0 Å². The van der Waals surface area contributed by atoms with Crippen LogP contribution in [0.25, 0.3) is 6.08 Å². The van der Waals surface area contributed by atoms with Crippen LogP contribution in [-0.2, 0) is 37.9 Å². The van der Waals surface area contributed by atoms with Gasteiger partial charge in [0.15, 0.2) is 6.29 Å². The van der Waals surface area contributed by atoms with E-state index in [4.69, 9.17) is 42.5 Å². The van der Waals surface area contributed by atoms with E-state index in [9.17, 15) is 19.2 Å². The molecule has 0 spiro atoms. The largest absolute Gasteiger partial charge is 0.496 e. The van der Waals surface area contributed by atoms with Crippen LogP contribution in [0.5, 0.6) is 23.0 Å². The zero-order valence-electron chi connectivity index (χ0n) is 46.4. The maximum absolute atomic E-state index is 12.4. The van der Waals surface area contributed by atoms with Crippen molar-refractivity contribution in [3.05, 3.63) is 115 Å². The van der Waals surface area contributed by atoms with Crippen LogP contribution >= 0.6 is 47.8 Å². The summed E-state index contributed by atoms with van der Waals surface area (Å²) in [5.74, 6) is 2.46. The van der Waals surface area contributed by atoms with E-state index in [1.165, 1.54) is 13.2 Å². The van der Waals surface area contributed by atoms with Gasteiger partial charge in [0.25, 0.3) is 0 Å². The second-order valence-corrected chi connectivity index (χ2v) is 24.9. The fraction of sp³-hybridized carbons (Fsp3) is 0.483. The minimum absolute atomic E-state index is 0.0394. The van der Waals surface area contributed by atoms with Gasteiger partial charge in [-0.1, -0.05) is 59.9 Å². The Hall–Kier alpha value is -4.68. The molecule has 0 N–H and O–H groups in total. The molecule has 1 aliphatic heterocycles. The van der Waals surface area contributed by atoms with Gasteiger partial charge in [-0.05, 0) is 186 Å². The van der Waals surface area contributed by atoms with Crippen molar-refractivity contribution in [3.8, 4) is 23.0 Å². The van der Waals surface area contributed by atoms with Gasteiger partial charge in [0.05, 0.1) is 57.0 Å². The Bertz CT molecular complexity index is 2650. The molecule has 0 amide bonds. The van der Waals surface area contributed by atoms with Crippen molar-refractivity contribution in [2.75, 3.05) is 28.4 Å². The van der Waals surface area contributed by atoms with E-state index in [1.54, 1.807) is 39.5 Å². The molecule has 0 radical (unpaired) electrons. The first kappa shape index (κ1) is 62.9. The van der Waals surface area contributed by atoms with Crippen molar-refractivity contribution in [1.82, 2.24) is 0 Å². The molecule has 0 aromatic heterocycles. The molecule has 4 aromatic carbocycles. The smallest absolute Gasteiger partial charge is 0.494 e. The van der Waals surface area contributed by atoms with Crippen LogP contribution in [0.2, 0.25) is 0 Å². The lowest BCUT2D eigenvalue weighted by molar-refractivity contribution is -0.157. The van der Waals surface area contributed by atoms with Gasteiger partial charge in [0.1, 0.15) is 39.8 Å². The van der Waals surface area contributed by atoms with Crippen LogP contribution in [0.15, 0.2) is 92.3 Å². The summed E-state index contributed by atoms with van der Waals surface area (Å²) in [6.45, 7) is 25.0. The molecule has 2 aliphatic carbocycles. The first-order chi connectivity index (χ1) is 34.7. The van der Waals surface area contributed by atoms with Crippen LogP contribution in [0, 0.1) is 11.8 Å². The highest BCUT2D eigenvalue weighted by Crippen LogP contribution is 2.53. The average Bonchev–Trinajstić information content (AvgIpc) is 4.24. The van der Waals surface area contributed by atoms with Gasteiger partial charge in [0, 0.05) is 36.9 Å². The molecule has 13 nitrogen and oxygen atoms in total. The first-order valence-electron chi connectivity index (χ1n) is 24.6. The molecule has 2 saturated carbocycles. The normalized spacial score (nSPS) is 19.1. The summed E-state index contributed by atoms with van der Waals surface area (Å²) in [5.41, 5.74) is 2.24. The summed E-state index contributed by atoms with van der Waals surface area (Å²) in [5, 5.41) is 0. The predicted octanol–water partition coefficient (Wildman–Crippen LogP) is 13.4. The molecule has 4 atom stereocenters. The van der Waals surface area contributed by atoms with Crippen LogP contribution in [0.1, 0.15) is 142 Å². The number of aldehydes is 1. The summed E-state index contributed by atoms with van der Waals surface area (Å²) in [6, 6.07) is 22.7. The maximum Gasteiger partial charge on any atom is 0.494 e. The number of rotatable bonds is 12. The second-order valence-electron chi connectivity index (χ2n) is 22.2. The molecule has 3 fully saturated rings. The van der Waals surface area contributed by atoms with Crippen molar-refractivity contribution < 1.29 is 61.6 Å². The number of ether oxygens (including phenoxy) is 7. The van der Waals surface area contributed by atoms with Crippen LogP contribution in [0.4, 0.5) is 0 Å². The van der Waals surface area contributed by atoms with Gasteiger partial charge in [-0.25, -0.2) is 4.79 Å². The van der Waals surface area contributed by atoms with E-state index >= 15 is 0 Å². The highest BCUT2D eigenvalue weighted by Gasteiger charge is 2.53. The number of esters is 3. The predicted molar refractivity (Wildman–Crippen MR) is 304 cm³/mol. The molecule has 1 saturated heterocycles. The standard InChI is InChI=1S/C21H31BO5.C15H19BrO3.C14H17BrO3.C8H7BrO2/c1-19(2,3)25-18(23)16-12-14(16)15-11-13(9-10-17(15)24-8)22-26-20(4,5)21(6,7)27-22;1-15(2,3)19-14(17)12-8-10(12)11-7-9(16)5-6-13(11)18-4;1-14(2,3)18-13(16)8-5-10-9-11(15)6-7-12(10)17-4;1-11-8-3-2-7(9)4-6(8)5-10/h9-11,14,16H,12H2,1-8H3;5-7,10,12H,8H2,1-4H3;5-9H,1-4H3;2-5H,1H3/b;;8-5+;. The number of carbonyl (C=O) groups is 4. The highest BCUT2D eigenvalue weighted by atomic mass is 79.9. The molecular weight excluding hydrogens is 1160 g/mol. The third kappa shape index (κ3) is 19.1. The molecule has 17 heteroatoms. The van der Waals surface area contributed by atoms with Crippen LogP contribution in [-0.4, -0.2) is 87.8 Å². The number of carbonyl (C=O) groups excluding carboxylic acids is 4. The Kier molecular flexibility index (Phi) is 21.9. The fourth-order valence-electron chi connectivity index (χ4n) is 7.64. The lowest BCUT2D eigenvalue weighted by Gasteiger charge is -2.32. The Labute approximate surface area is 469 Å². The molecule has 4 unspecified atom stereocenters. The average molecular weight is 1230 g/mol. The van der Waals surface area contributed by atoms with Crippen molar-refractivity contribution >= 4 is 90.6 Å². The molecular formula is C58H74BBr3O13. The van der Waals surface area contributed by atoms with Crippen molar-refractivity contribution in [2.24, 2.45) is 11.8 Å². The topological polar surface area (TPSA) is 151 Å². The number of benzene rings is 4. The third-order valence-electron chi connectivity index (χ3n) is 12.1. The Balaban J connectivity index is 0.000000226. The third-order valence-corrected chi connectivity index (χ3v) is 13.6. The number of halogens is 3. The summed E-state index contributed by atoms with van der Waals surface area (Å²) in [7, 11) is 6.00. The SMILES string of the molecule is COc1ccc(B2OC(C)(C)C(C)(C)O2)cc1C1CC1C(=O)OC(C)(C)C.COc1ccc(Br)cc1/C=C/C(=O)OC(C)(C)C.COc1ccc(Br)cc1C1CC1C(=O)OC(C)(C)C.COc1ccc(Br)cc1C=O. The molecule has 7 rings (SSSR count). The van der Waals surface area contributed by atoms with Gasteiger partial charge in [-0.15, -0.1) is 0 Å². The Morgan fingerprint density at radius 3 is 1.33 bits per heavy atom.